The molecule has 0 fully saturated rings. The topological polar surface area (TPSA) is 22.1 Å². The van der Waals surface area contributed by atoms with E-state index in [4.69, 9.17) is 4.74 Å². The van der Waals surface area contributed by atoms with Gasteiger partial charge in [0.2, 0.25) is 0 Å². The van der Waals surface area contributed by atoms with E-state index in [0.717, 1.165) is 0 Å². The van der Waals surface area contributed by atoms with Gasteiger partial charge in [0.15, 0.2) is 0 Å². The number of ether oxygens (including phenoxy) is 1. The lowest BCUT2D eigenvalue weighted by molar-refractivity contribution is -0.187. The SMILES string of the molecule is Cc1ncc(C(C)(C)C)c2c1OCC2(C)C(F)(F)F. The molecule has 0 saturated carbocycles. The third-order valence-electron chi connectivity index (χ3n) is 3.70. The highest BCUT2D eigenvalue weighted by Gasteiger charge is 2.59. The fourth-order valence-corrected chi connectivity index (χ4v) is 2.39. The number of fused-ring (bicyclic) bond motifs is 1. The van der Waals surface area contributed by atoms with Crippen molar-refractivity contribution in [2.45, 2.75) is 51.6 Å². The normalized spacial score (nSPS) is 23.2. The van der Waals surface area contributed by atoms with E-state index in [2.05, 4.69) is 4.98 Å². The van der Waals surface area contributed by atoms with Gasteiger partial charge in [-0.15, -0.1) is 0 Å². The molecule has 0 amide bonds. The third kappa shape index (κ3) is 1.99. The van der Waals surface area contributed by atoms with E-state index < -0.39 is 17.0 Å². The summed E-state index contributed by atoms with van der Waals surface area (Å²) < 4.78 is 45.6. The zero-order valence-corrected chi connectivity index (χ0v) is 11.8. The molecule has 19 heavy (non-hydrogen) atoms. The van der Waals surface area contributed by atoms with Gasteiger partial charge in [0, 0.05) is 11.8 Å². The molecule has 1 atom stereocenters. The Bertz CT molecular complexity index is 517. The van der Waals surface area contributed by atoms with Crippen molar-refractivity contribution in [3.63, 3.8) is 0 Å². The van der Waals surface area contributed by atoms with Crippen molar-refractivity contribution >= 4 is 0 Å². The first-order valence-corrected chi connectivity index (χ1v) is 6.18. The Hall–Kier alpha value is -1.26. The fraction of sp³-hybridized carbons (Fsp3) is 0.643. The Morgan fingerprint density at radius 3 is 2.32 bits per heavy atom. The van der Waals surface area contributed by atoms with E-state index in [1.807, 2.05) is 20.8 Å². The Balaban J connectivity index is 2.77. The standard InChI is InChI=1S/C14H18F3NO/c1-8-11-10(9(6-18-8)12(2,3)4)13(5,7-19-11)14(15,16)17/h6H,7H2,1-5H3. The molecule has 0 bridgehead atoms. The molecule has 1 aromatic heterocycles. The number of rotatable bonds is 0. The lowest BCUT2D eigenvalue weighted by Crippen LogP contribution is -2.42. The quantitative estimate of drug-likeness (QED) is 0.715. The van der Waals surface area contributed by atoms with Crippen LogP contribution in [-0.4, -0.2) is 17.8 Å². The molecule has 1 unspecified atom stereocenters. The first-order valence-electron chi connectivity index (χ1n) is 6.18. The van der Waals surface area contributed by atoms with Crippen LogP contribution in [0.25, 0.3) is 0 Å². The van der Waals surface area contributed by atoms with Crippen LogP contribution in [0, 0.1) is 6.92 Å². The molecule has 2 nitrogen and oxygen atoms in total. The second kappa shape index (κ2) is 3.87. The minimum absolute atomic E-state index is 0.250. The maximum absolute atomic E-state index is 13.4. The Labute approximate surface area is 111 Å². The van der Waals surface area contributed by atoms with Crippen molar-refractivity contribution in [1.82, 2.24) is 4.98 Å². The molecular weight excluding hydrogens is 255 g/mol. The number of nitrogens with zero attached hydrogens (tertiary/aromatic N) is 1. The molecule has 0 radical (unpaired) electrons. The van der Waals surface area contributed by atoms with Crippen molar-refractivity contribution in [2.24, 2.45) is 0 Å². The molecule has 5 heteroatoms. The smallest absolute Gasteiger partial charge is 0.401 e. The fourth-order valence-electron chi connectivity index (χ4n) is 2.39. The van der Waals surface area contributed by atoms with Gasteiger partial charge in [-0.3, -0.25) is 4.98 Å². The van der Waals surface area contributed by atoms with E-state index >= 15 is 0 Å². The highest BCUT2D eigenvalue weighted by molar-refractivity contribution is 5.53. The molecule has 0 aliphatic carbocycles. The lowest BCUT2D eigenvalue weighted by atomic mass is 9.74. The molecule has 106 valence electrons. The third-order valence-corrected chi connectivity index (χ3v) is 3.70. The van der Waals surface area contributed by atoms with Crippen LogP contribution in [-0.2, 0) is 10.8 Å². The summed E-state index contributed by atoms with van der Waals surface area (Å²) in [5.41, 5.74) is -1.01. The van der Waals surface area contributed by atoms with Gasteiger partial charge in [-0.2, -0.15) is 13.2 Å². The first-order chi connectivity index (χ1) is 8.48. The highest BCUT2D eigenvalue weighted by Crippen LogP contribution is 2.52. The summed E-state index contributed by atoms with van der Waals surface area (Å²) in [6.45, 7) is 8.15. The second-order valence-corrected chi connectivity index (χ2v) is 6.33. The number of pyridine rings is 1. The summed E-state index contributed by atoms with van der Waals surface area (Å²) in [7, 11) is 0. The molecule has 1 aromatic rings. The Morgan fingerprint density at radius 2 is 1.84 bits per heavy atom. The van der Waals surface area contributed by atoms with Crippen LogP contribution in [0.4, 0.5) is 13.2 Å². The first kappa shape index (κ1) is 14.2. The molecule has 0 spiro atoms. The molecule has 0 N–H and O–H groups in total. The van der Waals surface area contributed by atoms with Gasteiger partial charge in [0.25, 0.3) is 0 Å². The number of aromatic nitrogens is 1. The van der Waals surface area contributed by atoms with Crippen LogP contribution in [0.15, 0.2) is 6.20 Å². The predicted octanol–water partition coefficient (Wildman–Crippen LogP) is 3.90. The van der Waals surface area contributed by atoms with E-state index in [1.54, 1.807) is 13.1 Å². The van der Waals surface area contributed by atoms with E-state index in [9.17, 15) is 13.2 Å². The molecule has 0 aromatic carbocycles. The minimum atomic E-state index is -4.34. The summed E-state index contributed by atoms with van der Waals surface area (Å²) in [5.74, 6) is 0.298. The lowest BCUT2D eigenvalue weighted by Gasteiger charge is -2.31. The maximum Gasteiger partial charge on any atom is 0.401 e. The maximum atomic E-state index is 13.4. The number of halogens is 3. The molecule has 1 aliphatic rings. The molecule has 2 heterocycles. The molecule has 0 saturated heterocycles. The number of aryl methyl sites for hydroxylation is 1. The van der Waals surface area contributed by atoms with Crippen molar-refractivity contribution in [2.75, 3.05) is 6.61 Å². The van der Waals surface area contributed by atoms with Crippen LogP contribution >= 0.6 is 0 Å². The summed E-state index contributed by atoms with van der Waals surface area (Å²) in [4.78, 5) is 4.17. The van der Waals surface area contributed by atoms with Crippen LogP contribution in [0.2, 0.25) is 0 Å². The Morgan fingerprint density at radius 1 is 1.26 bits per heavy atom. The molecule has 2 rings (SSSR count). The van der Waals surface area contributed by atoms with Gasteiger partial charge in [0.1, 0.15) is 17.8 Å². The van der Waals surface area contributed by atoms with Gasteiger partial charge in [0.05, 0.1) is 5.69 Å². The average Bonchev–Trinajstić information content (AvgIpc) is 2.57. The number of alkyl halides is 3. The Kier molecular flexibility index (Phi) is 2.88. The summed E-state index contributed by atoms with van der Waals surface area (Å²) in [6.07, 6.45) is -2.79. The minimum Gasteiger partial charge on any atom is -0.490 e. The predicted molar refractivity (Wildman–Crippen MR) is 66.6 cm³/mol. The van der Waals surface area contributed by atoms with Gasteiger partial charge < -0.3 is 4.74 Å². The molecule has 1 aliphatic heterocycles. The van der Waals surface area contributed by atoms with E-state index in [-0.39, 0.29) is 12.2 Å². The van der Waals surface area contributed by atoms with Crippen molar-refractivity contribution in [3.05, 3.63) is 23.0 Å². The summed E-state index contributed by atoms with van der Waals surface area (Å²) in [5, 5.41) is 0. The van der Waals surface area contributed by atoms with Gasteiger partial charge in [-0.25, -0.2) is 0 Å². The van der Waals surface area contributed by atoms with Crippen LogP contribution < -0.4 is 4.74 Å². The van der Waals surface area contributed by atoms with Crippen molar-refractivity contribution in [1.29, 1.82) is 0 Å². The average molecular weight is 273 g/mol. The van der Waals surface area contributed by atoms with Gasteiger partial charge in [-0.1, -0.05) is 20.8 Å². The highest BCUT2D eigenvalue weighted by atomic mass is 19.4. The number of hydrogen-bond donors (Lipinski definition) is 0. The number of hydrogen-bond acceptors (Lipinski definition) is 2. The van der Waals surface area contributed by atoms with Gasteiger partial charge >= 0.3 is 6.18 Å². The van der Waals surface area contributed by atoms with Crippen LogP contribution in [0.1, 0.15) is 44.5 Å². The zero-order valence-electron chi connectivity index (χ0n) is 11.8. The zero-order chi connectivity index (χ0) is 14.6. The van der Waals surface area contributed by atoms with Crippen molar-refractivity contribution < 1.29 is 17.9 Å². The largest absolute Gasteiger partial charge is 0.490 e. The van der Waals surface area contributed by atoms with E-state index in [0.29, 0.717) is 17.0 Å². The van der Waals surface area contributed by atoms with Gasteiger partial charge in [-0.05, 0) is 24.8 Å². The van der Waals surface area contributed by atoms with E-state index in [1.165, 1.54) is 6.92 Å². The van der Waals surface area contributed by atoms with Crippen LogP contribution in [0.5, 0.6) is 5.75 Å². The monoisotopic (exact) mass is 273 g/mol. The van der Waals surface area contributed by atoms with Crippen molar-refractivity contribution in [3.8, 4) is 5.75 Å². The summed E-state index contributed by atoms with van der Waals surface area (Å²) >= 11 is 0. The second-order valence-electron chi connectivity index (χ2n) is 6.33. The van der Waals surface area contributed by atoms with Crippen LogP contribution in [0.3, 0.4) is 0 Å². The molecular formula is C14H18F3NO. The summed E-state index contributed by atoms with van der Waals surface area (Å²) in [6, 6.07) is 0.